The van der Waals surface area contributed by atoms with Gasteiger partial charge in [0.05, 0.1) is 5.56 Å². The maximum absolute atomic E-state index is 12.9. The third-order valence-corrected chi connectivity index (χ3v) is 5.40. The Morgan fingerprint density at radius 1 is 1.03 bits per heavy atom. The van der Waals surface area contributed by atoms with Gasteiger partial charge in [-0.25, -0.2) is 9.59 Å². The molecular weight excluding hydrogens is 388 g/mol. The number of carbonyl (C=O) groups excluding carboxylic acids is 3. The van der Waals surface area contributed by atoms with Crippen molar-refractivity contribution in [1.82, 2.24) is 10.2 Å². The third-order valence-electron chi connectivity index (χ3n) is 5.40. The molecule has 1 saturated carbocycles. The zero-order valence-electron chi connectivity index (χ0n) is 16.1. The van der Waals surface area contributed by atoms with E-state index in [1.165, 1.54) is 18.2 Å². The average molecular weight is 408 g/mol. The van der Waals surface area contributed by atoms with Gasteiger partial charge in [0.15, 0.2) is 0 Å². The van der Waals surface area contributed by atoms with Crippen LogP contribution in [0.4, 0.5) is 4.79 Å². The highest BCUT2D eigenvalue weighted by Crippen LogP contribution is 2.28. The van der Waals surface area contributed by atoms with Crippen molar-refractivity contribution in [3.8, 4) is 11.3 Å². The molecule has 0 atom stereocenters. The van der Waals surface area contributed by atoms with Crippen LogP contribution in [0.1, 0.15) is 48.2 Å². The number of rotatable bonds is 4. The van der Waals surface area contributed by atoms with Crippen LogP contribution in [0, 0.1) is 0 Å². The molecule has 1 aromatic carbocycles. The van der Waals surface area contributed by atoms with Gasteiger partial charge in [0, 0.05) is 11.6 Å². The first-order valence-corrected chi connectivity index (χ1v) is 9.78. The molecule has 2 N–H and O–H groups in total. The molecule has 1 saturated heterocycles. The van der Waals surface area contributed by atoms with E-state index in [-0.39, 0.29) is 22.9 Å². The van der Waals surface area contributed by atoms with Crippen LogP contribution >= 0.6 is 0 Å². The molecule has 2 fully saturated rings. The standard InChI is InChI=1S/C22H20N2O6/c25-19-17(20(26)24(22(29)23-19)15-4-2-1-3-5-15)12-16-10-11-18(30-16)13-6-8-14(9-7-13)21(27)28/h6-12,15H,1-5H2,(H,27,28)(H,23,25,29)/b17-12-. The molecular formula is C22H20N2O6. The summed E-state index contributed by atoms with van der Waals surface area (Å²) in [5, 5.41) is 11.2. The molecule has 0 bridgehead atoms. The summed E-state index contributed by atoms with van der Waals surface area (Å²) in [5.74, 6) is -1.64. The van der Waals surface area contributed by atoms with E-state index in [4.69, 9.17) is 9.52 Å². The summed E-state index contributed by atoms with van der Waals surface area (Å²) in [7, 11) is 0. The van der Waals surface area contributed by atoms with Crippen molar-refractivity contribution in [3.05, 3.63) is 53.3 Å². The van der Waals surface area contributed by atoms with Crippen molar-refractivity contribution in [2.45, 2.75) is 38.1 Å². The molecule has 0 unspecified atom stereocenters. The Morgan fingerprint density at radius 3 is 2.40 bits per heavy atom. The van der Waals surface area contributed by atoms with Gasteiger partial charge >= 0.3 is 12.0 Å². The summed E-state index contributed by atoms with van der Waals surface area (Å²) in [6.07, 6.45) is 5.75. The lowest BCUT2D eigenvalue weighted by Crippen LogP contribution is -2.58. The Hall–Kier alpha value is -3.68. The summed E-state index contributed by atoms with van der Waals surface area (Å²) in [6, 6.07) is 8.54. The number of aromatic carboxylic acids is 1. The SMILES string of the molecule is O=C1NC(=O)N(C2CCCCC2)C(=O)/C1=C\c1ccc(-c2ccc(C(=O)O)cc2)o1. The second-order valence-electron chi connectivity index (χ2n) is 7.37. The summed E-state index contributed by atoms with van der Waals surface area (Å²) in [5.41, 5.74) is 0.662. The summed E-state index contributed by atoms with van der Waals surface area (Å²) in [6.45, 7) is 0. The van der Waals surface area contributed by atoms with Gasteiger partial charge in [-0.1, -0.05) is 31.4 Å². The molecule has 1 aliphatic heterocycles. The predicted molar refractivity (Wildman–Crippen MR) is 106 cm³/mol. The number of barbiturate groups is 1. The van der Waals surface area contributed by atoms with Gasteiger partial charge < -0.3 is 9.52 Å². The lowest BCUT2D eigenvalue weighted by molar-refractivity contribution is -0.132. The van der Waals surface area contributed by atoms with E-state index in [0.29, 0.717) is 11.3 Å². The summed E-state index contributed by atoms with van der Waals surface area (Å²) in [4.78, 5) is 49.6. The zero-order valence-corrected chi connectivity index (χ0v) is 16.1. The number of benzene rings is 1. The number of carbonyl (C=O) groups is 4. The zero-order chi connectivity index (χ0) is 21.3. The normalized spacial score (nSPS) is 19.3. The molecule has 1 aromatic heterocycles. The molecule has 1 aliphatic carbocycles. The number of hydrogen-bond donors (Lipinski definition) is 2. The number of hydrogen-bond acceptors (Lipinski definition) is 5. The number of nitrogens with zero attached hydrogens (tertiary/aromatic N) is 1. The maximum atomic E-state index is 12.9. The maximum Gasteiger partial charge on any atom is 0.335 e. The minimum atomic E-state index is -1.02. The lowest BCUT2D eigenvalue weighted by Gasteiger charge is -2.35. The molecule has 154 valence electrons. The van der Waals surface area contributed by atoms with E-state index in [9.17, 15) is 19.2 Å². The molecule has 2 heterocycles. The van der Waals surface area contributed by atoms with E-state index in [0.717, 1.165) is 37.0 Å². The van der Waals surface area contributed by atoms with Crippen LogP contribution in [0.2, 0.25) is 0 Å². The molecule has 8 nitrogen and oxygen atoms in total. The molecule has 4 rings (SSSR count). The highest BCUT2D eigenvalue weighted by atomic mass is 16.4. The average Bonchev–Trinajstić information content (AvgIpc) is 3.20. The number of carboxylic acid groups (broad SMARTS) is 1. The molecule has 4 amide bonds. The van der Waals surface area contributed by atoms with E-state index in [1.54, 1.807) is 24.3 Å². The number of nitrogens with one attached hydrogen (secondary N) is 1. The fourth-order valence-electron chi connectivity index (χ4n) is 3.85. The minimum Gasteiger partial charge on any atom is -0.478 e. The molecule has 8 heteroatoms. The second-order valence-corrected chi connectivity index (χ2v) is 7.37. The smallest absolute Gasteiger partial charge is 0.335 e. The van der Waals surface area contributed by atoms with Gasteiger partial charge in [0.25, 0.3) is 11.8 Å². The number of amides is 4. The van der Waals surface area contributed by atoms with Crippen LogP contribution in [0.25, 0.3) is 17.4 Å². The monoisotopic (exact) mass is 408 g/mol. The van der Waals surface area contributed by atoms with Gasteiger partial charge in [-0.2, -0.15) is 0 Å². The first-order chi connectivity index (χ1) is 14.4. The molecule has 2 aliphatic rings. The van der Waals surface area contributed by atoms with Gasteiger partial charge in [0.2, 0.25) is 0 Å². The molecule has 2 aromatic rings. The van der Waals surface area contributed by atoms with Gasteiger partial charge in [-0.05, 0) is 43.2 Å². The number of imide groups is 2. The third kappa shape index (κ3) is 3.76. The topological polar surface area (TPSA) is 117 Å². The van der Waals surface area contributed by atoms with Crippen LogP contribution in [0.5, 0.6) is 0 Å². The molecule has 0 radical (unpaired) electrons. The van der Waals surface area contributed by atoms with E-state index < -0.39 is 23.8 Å². The lowest BCUT2D eigenvalue weighted by atomic mass is 9.93. The van der Waals surface area contributed by atoms with Crippen molar-refractivity contribution in [2.75, 3.05) is 0 Å². The highest BCUT2D eigenvalue weighted by Gasteiger charge is 2.40. The fourth-order valence-corrected chi connectivity index (χ4v) is 3.85. The second kappa shape index (κ2) is 7.98. The fraction of sp³-hybridized carbons (Fsp3) is 0.273. The summed E-state index contributed by atoms with van der Waals surface area (Å²) >= 11 is 0. The Balaban J connectivity index is 1.59. The van der Waals surface area contributed by atoms with E-state index >= 15 is 0 Å². The van der Waals surface area contributed by atoms with Crippen molar-refractivity contribution >= 4 is 29.9 Å². The molecule has 30 heavy (non-hydrogen) atoms. The van der Waals surface area contributed by atoms with Crippen LogP contribution in [0.3, 0.4) is 0 Å². The van der Waals surface area contributed by atoms with Gasteiger partial charge in [-0.3, -0.25) is 19.8 Å². The molecule has 0 spiro atoms. The van der Waals surface area contributed by atoms with Crippen molar-refractivity contribution in [1.29, 1.82) is 0 Å². The Labute approximate surface area is 172 Å². The predicted octanol–water partition coefficient (Wildman–Crippen LogP) is 3.44. The van der Waals surface area contributed by atoms with Crippen molar-refractivity contribution in [3.63, 3.8) is 0 Å². The Kier molecular flexibility index (Phi) is 5.22. The van der Waals surface area contributed by atoms with Gasteiger partial charge in [0.1, 0.15) is 17.1 Å². The first kappa shape index (κ1) is 19.6. The van der Waals surface area contributed by atoms with E-state index in [2.05, 4.69) is 5.32 Å². The van der Waals surface area contributed by atoms with Crippen LogP contribution in [0.15, 0.2) is 46.4 Å². The summed E-state index contributed by atoms with van der Waals surface area (Å²) < 4.78 is 5.72. The van der Waals surface area contributed by atoms with E-state index in [1.807, 2.05) is 0 Å². The van der Waals surface area contributed by atoms with Crippen molar-refractivity contribution < 1.29 is 28.7 Å². The van der Waals surface area contributed by atoms with Gasteiger partial charge in [-0.15, -0.1) is 0 Å². The quantitative estimate of drug-likeness (QED) is 0.591. The van der Waals surface area contributed by atoms with Crippen LogP contribution in [-0.2, 0) is 9.59 Å². The Morgan fingerprint density at radius 2 is 1.73 bits per heavy atom. The first-order valence-electron chi connectivity index (χ1n) is 9.78. The highest BCUT2D eigenvalue weighted by molar-refractivity contribution is 6.31. The van der Waals surface area contributed by atoms with Crippen molar-refractivity contribution in [2.24, 2.45) is 0 Å². The largest absolute Gasteiger partial charge is 0.478 e. The minimum absolute atomic E-state index is 0.151. The Bertz CT molecular complexity index is 1040. The number of urea groups is 1. The van der Waals surface area contributed by atoms with Crippen LogP contribution in [-0.4, -0.2) is 39.9 Å². The number of furan rings is 1. The number of carboxylic acids is 1. The van der Waals surface area contributed by atoms with Crippen LogP contribution < -0.4 is 5.32 Å².